The van der Waals surface area contributed by atoms with Crippen LogP contribution in [0.1, 0.15) is 23.7 Å². The molecular formula is C16H17ClFN3O3S. The van der Waals surface area contributed by atoms with Crippen molar-refractivity contribution in [3.05, 3.63) is 52.9 Å². The molecule has 1 aromatic heterocycles. The molecule has 0 unspecified atom stereocenters. The Labute approximate surface area is 150 Å². The van der Waals surface area contributed by atoms with Crippen LogP contribution in [0.4, 0.5) is 10.2 Å². The first-order valence-corrected chi connectivity index (χ1v) is 9.30. The molecule has 134 valence electrons. The Morgan fingerprint density at radius 1 is 1.32 bits per heavy atom. The van der Waals surface area contributed by atoms with Crippen molar-refractivity contribution >= 4 is 33.3 Å². The Hall–Kier alpha value is -2.19. The zero-order chi connectivity index (χ0) is 18.6. The zero-order valence-electron chi connectivity index (χ0n) is 13.7. The Kier molecular flexibility index (Phi) is 5.97. The zero-order valence-corrected chi connectivity index (χ0v) is 15.2. The van der Waals surface area contributed by atoms with Crippen molar-refractivity contribution in [2.75, 3.05) is 18.5 Å². The Bertz CT molecular complexity index is 873. The van der Waals surface area contributed by atoms with Gasteiger partial charge in [-0.05, 0) is 36.8 Å². The molecule has 0 saturated carbocycles. The smallest absolute Gasteiger partial charge is 0.266 e. The van der Waals surface area contributed by atoms with Crippen molar-refractivity contribution in [1.29, 1.82) is 0 Å². The van der Waals surface area contributed by atoms with Crippen LogP contribution in [-0.2, 0) is 10.0 Å². The summed E-state index contributed by atoms with van der Waals surface area (Å²) < 4.78 is 39.5. The van der Waals surface area contributed by atoms with E-state index < -0.39 is 21.7 Å². The van der Waals surface area contributed by atoms with E-state index in [9.17, 15) is 17.6 Å². The van der Waals surface area contributed by atoms with Crippen LogP contribution in [0.5, 0.6) is 0 Å². The number of carbonyl (C=O) groups excluding carboxylic acids is 1. The molecule has 0 aliphatic carbocycles. The van der Waals surface area contributed by atoms with Crippen LogP contribution in [-0.4, -0.2) is 32.9 Å². The first kappa shape index (κ1) is 19.1. The predicted molar refractivity (Wildman–Crippen MR) is 93.9 cm³/mol. The number of halogens is 2. The summed E-state index contributed by atoms with van der Waals surface area (Å²) in [6.45, 7) is 2.80. The lowest BCUT2D eigenvalue weighted by Crippen LogP contribution is -2.31. The van der Waals surface area contributed by atoms with E-state index in [1.165, 1.54) is 12.3 Å². The van der Waals surface area contributed by atoms with Crippen LogP contribution in [0.3, 0.4) is 0 Å². The third kappa shape index (κ3) is 4.67. The Morgan fingerprint density at radius 3 is 2.60 bits per heavy atom. The lowest BCUT2D eigenvalue weighted by Gasteiger charge is -2.17. The van der Waals surface area contributed by atoms with Gasteiger partial charge in [0.1, 0.15) is 16.5 Å². The second kappa shape index (κ2) is 7.79. The van der Waals surface area contributed by atoms with Gasteiger partial charge in [0.15, 0.2) is 0 Å². The molecule has 0 bridgehead atoms. The number of sulfonamides is 1. The van der Waals surface area contributed by atoms with E-state index in [0.717, 1.165) is 31.2 Å². The summed E-state index contributed by atoms with van der Waals surface area (Å²) in [5.74, 6) is -0.953. The van der Waals surface area contributed by atoms with E-state index in [-0.39, 0.29) is 15.5 Å². The number of benzene rings is 1. The molecule has 0 radical (unpaired) electrons. The second-order valence-electron chi connectivity index (χ2n) is 5.33. The Balaban J connectivity index is 2.19. The van der Waals surface area contributed by atoms with Crippen molar-refractivity contribution in [2.24, 2.45) is 0 Å². The van der Waals surface area contributed by atoms with Gasteiger partial charge in [-0.3, -0.25) is 4.79 Å². The fourth-order valence-electron chi connectivity index (χ4n) is 2.12. The number of rotatable bonds is 6. The minimum Gasteiger partial charge on any atom is -0.360 e. The van der Waals surface area contributed by atoms with E-state index in [1.54, 1.807) is 6.07 Å². The molecule has 6 nitrogen and oxygen atoms in total. The average Bonchev–Trinajstić information content (AvgIpc) is 2.54. The number of anilines is 1. The molecule has 1 heterocycles. The Morgan fingerprint density at radius 2 is 2.04 bits per heavy atom. The number of nitrogens with one attached hydrogen (secondary N) is 1. The van der Waals surface area contributed by atoms with Gasteiger partial charge in [-0.15, -0.1) is 0 Å². The van der Waals surface area contributed by atoms with Crippen molar-refractivity contribution < 1.29 is 17.6 Å². The quantitative estimate of drug-likeness (QED) is 0.827. The van der Waals surface area contributed by atoms with Gasteiger partial charge in [0.05, 0.1) is 10.6 Å². The highest BCUT2D eigenvalue weighted by atomic mass is 35.5. The molecule has 0 fully saturated rings. The van der Waals surface area contributed by atoms with Crippen LogP contribution in [0, 0.1) is 5.82 Å². The van der Waals surface area contributed by atoms with E-state index in [4.69, 9.17) is 11.6 Å². The van der Waals surface area contributed by atoms with Crippen molar-refractivity contribution in [3.63, 3.8) is 0 Å². The highest BCUT2D eigenvalue weighted by molar-refractivity contribution is 7.90. The van der Waals surface area contributed by atoms with Gasteiger partial charge in [-0.1, -0.05) is 18.5 Å². The first-order valence-electron chi connectivity index (χ1n) is 7.44. The van der Waals surface area contributed by atoms with Crippen LogP contribution in [0.15, 0.2) is 41.4 Å². The van der Waals surface area contributed by atoms with Gasteiger partial charge in [0.25, 0.3) is 15.9 Å². The summed E-state index contributed by atoms with van der Waals surface area (Å²) in [5.41, 5.74) is -0.140. The summed E-state index contributed by atoms with van der Waals surface area (Å²) in [6, 6.07) is 5.98. The van der Waals surface area contributed by atoms with Crippen molar-refractivity contribution in [1.82, 2.24) is 9.71 Å². The number of nitrogens with zero attached hydrogens (tertiary/aromatic N) is 2. The lowest BCUT2D eigenvalue weighted by atomic mass is 10.2. The summed E-state index contributed by atoms with van der Waals surface area (Å²) in [5, 5.41) is -0.178. The molecule has 25 heavy (non-hydrogen) atoms. The molecule has 1 amide bonds. The van der Waals surface area contributed by atoms with Gasteiger partial charge in [0.2, 0.25) is 0 Å². The van der Waals surface area contributed by atoms with E-state index in [0.29, 0.717) is 5.82 Å². The molecule has 2 aromatic rings. The van der Waals surface area contributed by atoms with E-state index in [2.05, 4.69) is 4.98 Å². The summed E-state index contributed by atoms with van der Waals surface area (Å²) in [4.78, 5) is 17.9. The maximum Gasteiger partial charge on any atom is 0.266 e. The molecule has 0 aliphatic heterocycles. The molecule has 0 spiro atoms. The summed E-state index contributed by atoms with van der Waals surface area (Å²) >= 11 is 5.77. The summed E-state index contributed by atoms with van der Waals surface area (Å²) in [7, 11) is -2.28. The normalized spacial score (nSPS) is 11.2. The topological polar surface area (TPSA) is 79.4 Å². The third-order valence-corrected chi connectivity index (χ3v) is 5.01. The van der Waals surface area contributed by atoms with Gasteiger partial charge >= 0.3 is 0 Å². The third-order valence-electron chi connectivity index (χ3n) is 3.38. The maximum atomic E-state index is 13.0. The first-order chi connectivity index (χ1) is 11.7. The van der Waals surface area contributed by atoms with E-state index in [1.807, 2.05) is 23.6 Å². The second-order valence-corrected chi connectivity index (χ2v) is 7.42. The summed E-state index contributed by atoms with van der Waals surface area (Å²) in [6.07, 6.45) is 2.09. The number of hydrogen-bond donors (Lipinski definition) is 1. The van der Waals surface area contributed by atoms with Gasteiger partial charge < -0.3 is 4.90 Å². The number of aromatic nitrogens is 1. The SMILES string of the molecule is CCCN(C)c1ccc(S(=O)(=O)NC(=O)c2ccc(F)cc2Cl)cn1. The maximum absolute atomic E-state index is 13.0. The highest BCUT2D eigenvalue weighted by Crippen LogP contribution is 2.19. The van der Waals surface area contributed by atoms with Crippen LogP contribution in [0.25, 0.3) is 0 Å². The fourth-order valence-corrected chi connectivity index (χ4v) is 3.28. The van der Waals surface area contributed by atoms with Crippen molar-refractivity contribution in [2.45, 2.75) is 18.2 Å². The average molecular weight is 386 g/mol. The largest absolute Gasteiger partial charge is 0.360 e. The number of pyridine rings is 1. The predicted octanol–water partition coefficient (Wildman–Crippen LogP) is 2.84. The molecule has 0 atom stereocenters. The molecule has 1 N–H and O–H groups in total. The van der Waals surface area contributed by atoms with Crippen LogP contribution >= 0.6 is 11.6 Å². The highest BCUT2D eigenvalue weighted by Gasteiger charge is 2.21. The molecule has 0 aliphatic rings. The fraction of sp³-hybridized carbons (Fsp3) is 0.250. The standard InChI is InChI=1S/C16H17ClFN3O3S/c1-3-8-21(2)15-7-5-12(10-19-15)25(23,24)20-16(22)13-6-4-11(18)9-14(13)17/h4-7,9-10H,3,8H2,1-2H3,(H,20,22). The minimum absolute atomic E-state index is 0.140. The lowest BCUT2D eigenvalue weighted by molar-refractivity contribution is 0.0981. The molecular weight excluding hydrogens is 369 g/mol. The number of hydrogen-bond acceptors (Lipinski definition) is 5. The number of amides is 1. The van der Waals surface area contributed by atoms with Crippen LogP contribution in [0.2, 0.25) is 5.02 Å². The van der Waals surface area contributed by atoms with Crippen LogP contribution < -0.4 is 9.62 Å². The van der Waals surface area contributed by atoms with Gasteiger partial charge in [-0.25, -0.2) is 22.5 Å². The molecule has 0 saturated heterocycles. The van der Waals surface area contributed by atoms with Crippen molar-refractivity contribution in [3.8, 4) is 0 Å². The molecule has 2 rings (SSSR count). The molecule has 1 aromatic carbocycles. The van der Waals surface area contributed by atoms with E-state index >= 15 is 0 Å². The number of carbonyl (C=O) groups is 1. The minimum atomic E-state index is -4.12. The van der Waals surface area contributed by atoms with Gasteiger partial charge in [-0.2, -0.15) is 0 Å². The molecule has 9 heteroatoms. The van der Waals surface area contributed by atoms with Gasteiger partial charge in [0, 0.05) is 19.8 Å². The monoisotopic (exact) mass is 385 g/mol.